The molecule has 134 valence electrons. The molecule has 0 spiro atoms. The van der Waals surface area contributed by atoms with Crippen LogP contribution in [0.5, 0.6) is 0 Å². The first-order chi connectivity index (χ1) is 12.0. The number of aliphatic hydroxyl groups excluding tert-OH is 1. The van der Waals surface area contributed by atoms with Gasteiger partial charge in [0, 0.05) is 6.54 Å². The van der Waals surface area contributed by atoms with Crippen molar-refractivity contribution in [3.05, 3.63) is 65.7 Å². The van der Waals surface area contributed by atoms with Gasteiger partial charge >= 0.3 is 0 Å². The monoisotopic (exact) mass is 361 g/mol. The number of hydrogen-bond acceptors (Lipinski definition) is 4. The van der Waals surface area contributed by atoms with Crippen LogP contribution >= 0.6 is 0 Å². The highest BCUT2D eigenvalue weighted by atomic mass is 32.2. The lowest BCUT2D eigenvalue weighted by molar-refractivity contribution is 0.0428. The Balaban J connectivity index is 1.70. The van der Waals surface area contributed by atoms with Crippen molar-refractivity contribution in [1.29, 1.82) is 0 Å². The molecule has 3 rings (SSSR count). The van der Waals surface area contributed by atoms with E-state index in [1.165, 1.54) is 4.31 Å². The third-order valence-electron chi connectivity index (χ3n) is 4.49. The van der Waals surface area contributed by atoms with E-state index < -0.39 is 22.2 Å². The van der Waals surface area contributed by atoms with Crippen LogP contribution in [-0.2, 0) is 21.4 Å². The first-order valence-electron chi connectivity index (χ1n) is 8.37. The number of ether oxygens (including phenoxy) is 1. The second-order valence-electron chi connectivity index (χ2n) is 6.35. The van der Waals surface area contributed by atoms with Crippen LogP contribution in [-0.4, -0.2) is 43.1 Å². The van der Waals surface area contributed by atoms with E-state index in [0.29, 0.717) is 19.6 Å². The van der Waals surface area contributed by atoms with E-state index in [1.807, 2.05) is 37.3 Å². The summed E-state index contributed by atoms with van der Waals surface area (Å²) >= 11 is 0. The molecule has 6 heteroatoms. The maximum atomic E-state index is 12.9. The number of benzene rings is 2. The van der Waals surface area contributed by atoms with Crippen molar-refractivity contribution in [1.82, 2.24) is 4.31 Å². The van der Waals surface area contributed by atoms with Gasteiger partial charge in [0.25, 0.3) is 0 Å². The Morgan fingerprint density at radius 2 is 1.80 bits per heavy atom. The first-order valence-corrected chi connectivity index (χ1v) is 9.81. The van der Waals surface area contributed by atoms with Crippen molar-refractivity contribution in [2.45, 2.75) is 37.0 Å². The Labute approximate surface area is 148 Å². The fourth-order valence-electron chi connectivity index (χ4n) is 3.02. The number of aryl methyl sites for hydroxylation is 1. The van der Waals surface area contributed by atoms with Crippen molar-refractivity contribution in [3.8, 4) is 0 Å². The molecule has 0 bridgehead atoms. The van der Waals surface area contributed by atoms with Crippen LogP contribution in [0.2, 0.25) is 0 Å². The van der Waals surface area contributed by atoms with Gasteiger partial charge in [0.05, 0.1) is 30.3 Å². The summed E-state index contributed by atoms with van der Waals surface area (Å²) in [5.74, 6) is 0. The predicted octanol–water partition coefficient (Wildman–Crippen LogP) is 2.34. The van der Waals surface area contributed by atoms with Crippen LogP contribution in [0.1, 0.15) is 17.5 Å². The highest BCUT2D eigenvalue weighted by molar-refractivity contribution is 7.89. The van der Waals surface area contributed by atoms with E-state index in [9.17, 15) is 13.5 Å². The molecule has 1 fully saturated rings. The van der Waals surface area contributed by atoms with E-state index in [-0.39, 0.29) is 11.5 Å². The Morgan fingerprint density at radius 1 is 1.12 bits per heavy atom. The molecule has 2 atom stereocenters. The van der Waals surface area contributed by atoms with Crippen LogP contribution in [0.15, 0.2) is 59.5 Å². The zero-order valence-electron chi connectivity index (χ0n) is 14.2. The molecular formula is C19H23NO4S. The fourth-order valence-corrected chi connectivity index (χ4v) is 4.67. The fraction of sp³-hybridized carbons (Fsp3) is 0.368. The summed E-state index contributed by atoms with van der Waals surface area (Å²) in [7, 11) is -3.64. The number of aliphatic hydroxyl groups is 1. The number of rotatable bonds is 6. The highest BCUT2D eigenvalue weighted by Crippen LogP contribution is 2.27. The smallest absolute Gasteiger partial charge is 0.243 e. The first kappa shape index (κ1) is 18.1. The van der Waals surface area contributed by atoms with Crippen LogP contribution in [0.3, 0.4) is 0 Å². The van der Waals surface area contributed by atoms with Gasteiger partial charge in [-0.2, -0.15) is 4.31 Å². The Kier molecular flexibility index (Phi) is 5.54. The van der Waals surface area contributed by atoms with Gasteiger partial charge in [0.15, 0.2) is 0 Å². The molecule has 2 aromatic rings. The average Bonchev–Trinajstić information content (AvgIpc) is 2.98. The third-order valence-corrected chi connectivity index (χ3v) is 6.43. The van der Waals surface area contributed by atoms with Gasteiger partial charge in [-0.25, -0.2) is 8.42 Å². The summed E-state index contributed by atoms with van der Waals surface area (Å²) in [6, 6.07) is 15.9. The summed E-state index contributed by atoms with van der Waals surface area (Å²) < 4.78 is 32.8. The van der Waals surface area contributed by atoms with Gasteiger partial charge in [-0.15, -0.1) is 0 Å². The van der Waals surface area contributed by atoms with Gasteiger partial charge < -0.3 is 9.84 Å². The summed E-state index contributed by atoms with van der Waals surface area (Å²) in [5.41, 5.74) is 2.02. The number of hydrogen-bond donors (Lipinski definition) is 1. The van der Waals surface area contributed by atoms with Crippen molar-refractivity contribution >= 4 is 10.0 Å². The molecular weight excluding hydrogens is 338 g/mol. The molecule has 0 aliphatic carbocycles. The third kappa shape index (κ3) is 4.10. The van der Waals surface area contributed by atoms with Gasteiger partial charge in [-0.1, -0.05) is 48.0 Å². The minimum atomic E-state index is -3.64. The van der Waals surface area contributed by atoms with Crippen LogP contribution in [0.4, 0.5) is 0 Å². The SMILES string of the molecule is Cc1ccc(S(=O)(=O)N2CC[C@H](O)[C@H]2COCc2ccccc2)cc1. The van der Waals surface area contributed by atoms with Gasteiger partial charge in [-0.05, 0) is 31.0 Å². The second kappa shape index (κ2) is 7.66. The van der Waals surface area contributed by atoms with Crippen molar-refractivity contribution in [2.24, 2.45) is 0 Å². The van der Waals surface area contributed by atoms with Crippen LogP contribution < -0.4 is 0 Å². The van der Waals surface area contributed by atoms with E-state index in [4.69, 9.17) is 4.74 Å². The molecule has 0 amide bonds. The van der Waals surface area contributed by atoms with E-state index in [0.717, 1.165) is 11.1 Å². The molecule has 25 heavy (non-hydrogen) atoms. The highest BCUT2D eigenvalue weighted by Gasteiger charge is 2.40. The molecule has 1 N–H and O–H groups in total. The van der Waals surface area contributed by atoms with E-state index in [1.54, 1.807) is 24.3 Å². The standard InChI is InChI=1S/C19H23NO4S/c1-15-7-9-17(10-8-15)25(22,23)20-12-11-19(21)18(20)14-24-13-16-5-3-2-4-6-16/h2-10,18-19,21H,11-14H2,1H3/t18-,19+/m1/s1. The normalized spacial score (nSPS) is 21.5. The maximum absolute atomic E-state index is 12.9. The molecule has 0 aromatic heterocycles. The van der Waals surface area contributed by atoms with Gasteiger partial charge in [0.1, 0.15) is 0 Å². The minimum absolute atomic E-state index is 0.168. The molecule has 1 heterocycles. The Bertz CT molecular complexity index is 790. The molecule has 0 unspecified atom stereocenters. The lowest BCUT2D eigenvalue weighted by Crippen LogP contribution is -2.42. The minimum Gasteiger partial charge on any atom is -0.391 e. The number of nitrogens with zero attached hydrogens (tertiary/aromatic N) is 1. The number of sulfonamides is 1. The average molecular weight is 361 g/mol. The molecule has 1 aliphatic heterocycles. The topological polar surface area (TPSA) is 66.8 Å². The van der Waals surface area contributed by atoms with Gasteiger partial charge in [-0.3, -0.25) is 0 Å². The summed E-state index contributed by atoms with van der Waals surface area (Å²) in [6.07, 6.45) is -0.291. The molecule has 1 saturated heterocycles. The summed E-state index contributed by atoms with van der Waals surface area (Å²) in [5, 5.41) is 10.2. The van der Waals surface area contributed by atoms with E-state index in [2.05, 4.69) is 0 Å². The molecule has 0 saturated carbocycles. The van der Waals surface area contributed by atoms with Crippen molar-refractivity contribution in [3.63, 3.8) is 0 Å². The maximum Gasteiger partial charge on any atom is 0.243 e. The molecule has 5 nitrogen and oxygen atoms in total. The van der Waals surface area contributed by atoms with Crippen molar-refractivity contribution < 1.29 is 18.3 Å². The summed E-state index contributed by atoms with van der Waals surface area (Å²) in [4.78, 5) is 0.250. The lowest BCUT2D eigenvalue weighted by atomic mass is 10.2. The quantitative estimate of drug-likeness (QED) is 0.858. The lowest BCUT2D eigenvalue weighted by Gasteiger charge is -2.25. The Hall–Kier alpha value is -1.73. The molecule has 0 radical (unpaired) electrons. The molecule has 1 aliphatic rings. The predicted molar refractivity (Wildman–Crippen MR) is 95.6 cm³/mol. The zero-order chi connectivity index (χ0) is 17.9. The Morgan fingerprint density at radius 3 is 2.48 bits per heavy atom. The van der Waals surface area contributed by atoms with Crippen molar-refractivity contribution in [2.75, 3.05) is 13.2 Å². The summed E-state index contributed by atoms with van der Waals surface area (Å²) in [6.45, 7) is 2.77. The van der Waals surface area contributed by atoms with E-state index >= 15 is 0 Å². The molecule has 2 aromatic carbocycles. The van der Waals surface area contributed by atoms with Crippen LogP contribution in [0.25, 0.3) is 0 Å². The van der Waals surface area contributed by atoms with Gasteiger partial charge in [0.2, 0.25) is 10.0 Å². The zero-order valence-corrected chi connectivity index (χ0v) is 15.0. The van der Waals surface area contributed by atoms with Crippen LogP contribution in [0, 0.1) is 6.92 Å². The second-order valence-corrected chi connectivity index (χ2v) is 8.24. The largest absolute Gasteiger partial charge is 0.391 e.